The molecule has 0 saturated heterocycles. The van der Waals surface area contributed by atoms with Crippen LogP contribution in [0, 0.1) is 0 Å². The predicted octanol–water partition coefficient (Wildman–Crippen LogP) is 2.32. The zero-order chi connectivity index (χ0) is 13.5. The van der Waals surface area contributed by atoms with Gasteiger partial charge in [0.25, 0.3) is 0 Å². The highest BCUT2D eigenvalue weighted by Gasteiger charge is 2.23. The van der Waals surface area contributed by atoms with E-state index in [2.05, 4.69) is 0 Å². The van der Waals surface area contributed by atoms with Gasteiger partial charge in [-0.25, -0.2) is 9.59 Å². The lowest BCUT2D eigenvalue weighted by Crippen LogP contribution is -2.17. The highest BCUT2D eigenvalue weighted by atomic mass is 16.5. The number of allylic oxidation sites excluding steroid dienone is 4. The van der Waals surface area contributed by atoms with Crippen molar-refractivity contribution in [1.29, 1.82) is 0 Å². The summed E-state index contributed by atoms with van der Waals surface area (Å²) in [5.74, 6) is -0.980. The van der Waals surface area contributed by atoms with E-state index in [-0.39, 0.29) is 24.4 Å². The Morgan fingerprint density at radius 1 is 1.06 bits per heavy atom. The zero-order valence-corrected chi connectivity index (χ0v) is 11.0. The number of carbonyl (C=O) groups excluding carboxylic acids is 2. The first-order valence-corrected chi connectivity index (χ1v) is 6.03. The minimum absolute atomic E-state index is 0.265. The number of hydrogen-bond acceptors (Lipinski definition) is 4. The minimum Gasteiger partial charge on any atom is -0.462 e. The van der Waals surface area contributed by atoms with Crippen molar-refractivity contribution in [3.8, 4) is 0 Å². The summed E-state index contributed by atoms with van der Waals surface area (Å²) in [6.07, 6.45) is 5.88. The number of rotatable bonds is 4. The van der Waals surface area contributed by atoms with E-state index < -0.39 is 11.9 Å². The van der Waals surface area contributed by atoms with Gasteiger partial charge in [0.15, 0.2) is 0 Å². The molecule has 0 amide bonds. The van der Waals surface area contributed by atoms with E-state index in [0.29, 0.717) is 6.42 Å². The molecule has 98 valence electrons. The second-order valence-electron chi connectivity index (χ2n) is 3.80. The lowest BCUT2D eigenvalue weighted by atomic mass is 10.1. The van der Waals surface area contributed by atoms with Gasteiger partial charge in [-0.05, 0) is 33.3 Å². The van der Waals surface area contributed by atoms with E-state index in [1.165, 1.54) is 0 Å². The zero-order valence-electron chi connectivity index (χ0n) is 11.0. The van der Waals surface area contributed by atoms with Crippen molar-refractivity contribution < 1.29 is 19.1 Å². The van der Waals surface area contributed by atoms with Crippen LogP contribution >= 0.6 is 0 Å². The van der Waals surface area contributed by atoms with Crippen molar-refractivity contribution in [2.45, 2.75) is 27.2 Å². The van der Waals surface area contributed by atoms with Crippen molar-refractivity contribution in [3.63, 3.8) is 0 Å². The van der Waals surface area contributed by atoms with Gasteiger partial charge in [-0.1, -0.05) is 17.7 Å². The summed E-state index contributed by atoms with van der Waals surface area (Å²) in [6.45, 7) is 5.88. The molecule has 1 aliphatic carbocycles. The molecule has 0 N–H and O–H groups in total. The number of ether oxygens (including phenoxy) is 2. The highest BCUT2D eigenvalue weighted by Crippen LogP contribution is 2.21. The van der Waals surface area contributed by atoms with Crippen LogP contribution in [0.15, 0.2) is 34.9 Å². The number of esters is 2. The Hall–Kier alpha value is -1.84. The summed E-state index contributed by atoms with van der Waals surface area (Å²) < 4.78 is 9.91. The maximum Gasteiger partial charge on any atom is 0.338 e. The topological polar surface area (TPSA) is 52.6 Å². The van der Waals surface area contributed by atoms with Gasteiger partial charge in [-0.3, -0.25) is 0 Å². The molecular weight excluding hydrogens is 232 g/mol. The van der Waals surface area contributed by atoms with E-state index >= 15 is 0 Å². The molecule has 1 aliphatic rings. The Balaban J connectivity index is 3.06. The van der Waals surface area contributed by atoms with E-state index in [0.717, 1.165) is 5.57 Å². The van der Waals surface area contributed by atoms with Gasteiger partial charge in [0.2, 0.25) is 0 Å². The number of carbonyl (C=O) groups is 2. The Labute approximate surface area is 107 Å². The average molecular weight is 250 g/mol. The normalized spacial score (nSPS) is 14.9. The van der Waals surface area contributed by atoms with Crippen LogP contribution in [0.1, 0.15) is 27.2 Å². The molecule has 0 unspecified atom stereocenters. The van der Waals surface area contributed by atoms with Crippen molar-refractivity contribution in [2.24, 2.45) is 0 Å². The van der Waals surface area contributed by atoms with Gasteiger partial charge >= 0.3 is 11.9 Å². The van der Waals surface area contributed by atoms with Crippen molar-refractivity contribution >= 4 is 11.9 Å². The molecule has 4 heteroatoms. The first kappa shape index (κ1) is 14.2. The molecule has 0 heterocycles. The summed E-state index contributed by atoms with van der Waals surface area (Å²) in [6, 6.07) is 0. The molecule has 0 aromatic rings. The first-order chi connectivity index (χ1) is 8.60. The molecule has 0 aliphatic heterocycles. The molecule has 0 aromatic heterocycles. The molecule has 0 spiro atoms. The van der Waals surface area contributed by atoms with Crippen LogP contribution < -0.4 is 0 Å². The number of hydrogen-bond donors (Lipinski definition) is 0. The largest absolute Gasteiger partial charge is 0.462 e. The standard InChI is InChI=1S/C14H18O4/c1-4-17-13(15)11-8-6-7-10(3)9-12(11)14(16)18-5-2/h7-9H,4-6H2,1-3H3. The molecule has 1 rings (SSSR count). The third-order valence-electron chi connectivity index (χ3n) is 2.41. The molecule has 4 nitrogen and oxygen atoms in total. The maximum absolute atomic E-state index is 11.8. The Kier molecular flexibility index (Phi) is 5.36. The monoisotopic (exact) mass is 250 g/mol. The Bertz CT molecular complexity index is 427. The average Bonchev–Trinajstić information content (AvgIpc) is 2.51. The maximum atomic E-state index is 11.8. The quantitative estimate of drug-likeness (QED) is 0.718. The minimum atomic E-state index is -0.494. The lowest BCUT2D eigenvalue weighted by Gasteiger charge is -2.09. The second kappa shape index (κ2) is 6.79. The summed E-state index contributed by atoms with van der Waals surface area (Å²) in [4.78, 5) is 23.7. The lowest BCUT2D eigenvalue weighted by molar-refractivity contribution is -0.142. The SMILES string of the molecule is CCOC(=O)C1=CCC=C(C)C=C1C(=O)OCC. The van der Waals surface area contributed by atoms with Crippen LogP contribution in [0.5, 0.6) is 0 Å². The van der Waals surface area contributed by atoms with E-state index in [1.54, 1.807) is 26.0 Å². The van der Waals surface area contributed by atoms with E-state index in [9.17, 15) is 9.59 Å². The smallest absolute Gasteiger partial charge is 0.338 e. The second-order valence-corrected chi connectivity index (χ2v) is 3.80. The molecular formula is C14H18O4. The molecule has 18 heavy (non-hydrogen) atoms. The van der Waals surface area contributed by atoms with Gasteiger partial charge in [-0.2, -0.15) is 0 Å². The molecule has 0 aromatic carbocycles. The predicted molar refractivity (Wildman–Crippen MR) is 67.8 cm³/mol. The van der Waals surface area contributed by atoms with Gasteiger partial charge in [0.1, 0.15) is 0 Å². The Morgan fingerprint density at radius 2 is 1.61 bits per heavy atom. The highest BCUT2D eigenvalue weighted by molar-refractivity contribution is 6.07. The fraction of sp³-hybridized carbons (Fsp3) is 0.429. The summed E-state index contributed by atoms with van der Waals surface area (Å²) in [5, 5.41) is 0. The van der Waals surface area contributed by atoms with E-state index in [1.807, 2.05) is 13.0 Å². The van der Waals surface area contributed by atoms with Crippen LogP contribution in [0.25, 0.3) is 0 Å². The summed E-state index contributed by atoms with van der Waals surface area (Å²) in [5.41, 5.74) is 1.47. The summed E-state index contributed by atoms with van der Waals surface area (Å²) >= 11 is 0. The van der Waals surface area contributed by atoms with Gasteiger partial charge in [0, 0.05) is 0 Å². The molecule has 0 fully saturated rings. The van der Waals surface area contributed by atoms with Crippen molar-refractivity contribution in [2.75, 3.05) is 13.2 Å². The van der Waals surface area contributed by atoms with E-state index in [4.69, 9.17) is 9.47 Å². The summed E-state index contributed by atoms with van der Waals surface area (Å²) in [7, 11) is 0. The van der Waals surface area contributed by atoms with Gasteiger partial charge in [0.05, 0.1) is 24.4 Å². The van der Waals surface area contributed by atoms with Crippen LogP contribution in [0.3, 0.4) is 0 Å². The van der Waals surface area contributed by atoms with Gasteiger partial charge < -0.3 is 9.47 Å². The van der Waals surface area contributed by atoms with Crippen molar-refractivity contribution in [1.82, 2.24) is 0 Å². The molecule has 0 atom stereocenters. The molecule has 0 bridgehead atoms. The van der Waals surface area contributed by atoms with Crippen LogP contribution in [-0.4, -0.2) is 25.2 Å². The molecule has 0 radical (unpaired) electrons. The van der Waals surface area contributed by atoms with Crippen LogP contribution in [0.4, 0.5) is 0 Å². The fourth-order valence-corrected chi connectivity index (χ4v) is 1.62. The van der Waals surface area contributed by atoms with Crippen LogP contribution in [-0.2, 0) is 19.1 Å². The third kappa shape index (κ3) is 3.58. The van der Waals surface area contributed by atoms with Crippen LogP contribution in [0.2, 0.25) is 0 Å². The Morgan fingerprint density at radius 3 is 2.17 bits per heavy atom. The fourth-order valence-electron chi connectivity index (χ4n) is 1.62. The third-order valence-corrected chi connectivity index (χ3v) is 2.41. The molecule has 0 saturated carbocycles. The van der Waals surface area contributed by atoms with Gasteiger partial charge in [-0.15, -0.1) is 0 Å². The van der Waals surface area contributed by atoms with Crippen molar-refractivity contribution in [3.05, 3.63) is 34.9 Å². The first-order valence-electron chi connectivity index (χ1n) is 6.03.